The van der Waals surface area contributed by atoms with Gasteiger partial charge in [0.2, 0.25) is 0 Å². The number of aromatic hydroxyl groups is 5. The van der Waals surface area contributed by atoms with Crippen LogP contribution < -0.4 is 33.8 Å². The molecule has 0 aliphatic carbocycles. The molecule has 646 valence electrons. The molecule has 0 radical (unpaired) electrons. The Kier molecular flexibility index (Phi) is 32.6. The number of hydrogen-bond acceptors (Lipinski definition) is 18. The average Bonchev–Trinajstić information content (AvgIpc) is 1.62. The molecule has 4 fully saturated rings. The molecule has 12 aromatic rings. The molecule has 0 saturated carbocycles. The summed E-state index contributed by atoms with van der Waals surface area (Å²) in [7, 11) is 4.73. The van der Waals surface area contributed by atoms with Crippen LogP contribution in [-0.2, 0) is 12.8 Å². The van der Waals surface area contributed by atoms with Crippen molar-refractivity contribution in [2.24, 2.45) is 0 Å². The maximum Gasteiger partial charge on any atom is 0.141 e. The summed E-state index contributed by atoms with van der Waals surface area (Å²) in [6, 6.07) is 85.0. The van der Waals surface area contributed by atoms with E-state index in [-0.39, 0.29) is 97.2 Å². The van der Waals surface area contributed by atoms with Crippen molar-refractivity contribution >= 4 is 136 Å². The summed E-state index contributed by atoms with van der Waals surface area (Å²) in [6.07, 6.45) is 6.27. The van der Waals surface area contributed by atoms with E-state index in [4.69, 9.17) is 63.1 Å². The first-order valence-corrected chi connectivity index (χ1v) is 45.9. The van der Waals surface area contributed by atoms with Gasteiger partial charge in [0, 0.05) is 90.3 Å². The van der Waals surface area contributed by atoms with Crippen LogP contribution in [0.5, 0.6) is 46.0 Å². The molecule has 0 amide bonds. The van der Waals surface area contributed by atoms with Gasteiger partial charge in [-0.25, -0.2) is 17.6 Å². The molecule has 0 bridgehead atoms. The summed E-state index contributed by atoms with van der Waals surface area (Å²) in [4.78, 5) is 8.37. The van der Waals surface area contributed by atoms with Gasteiger partial charge < -0.3 is 69.6 Å². The molecule has 4 aliphatic rings. The minimum Gasteiger partial charge on any atom is -0.508 e. The van der Waals surface area contributed by atoms with Crippen molar-refractivity contribution in [1.29, 1.82) is 0 Å². The number of aliphatic hydroxyl groups excluding tert-OH is 2. The zero-order valence-electron chi connectivity index (χ0n) is 68.5. The molecule has 125 heavy (non-hydrogen) atoms. The van der Waals surface area contributed by atoms with Gasteiger partial charge in [-0.3, -0.25) is 0 Å². The van der Waals surface area contributed by atoms with Crippen molar-refractivity contribution in [3.05, 3.63) is 359 Å². The van der Waals surface area contributed by atoms with Crippen LogP contribution in [-0.4, -0.2) is 95.4 Å². The Morgan fingerprint density at radius 2 is 0.560 bits per heavy atom. The molecular weight excluding hydrogens is 1740 g/mol. The summed E-state index contributed by atoms with van der Waals surface area (Å²) in [5, 5.41) is 74.3. The van der Waals surface area contributed by atoms with E-state index in [0.717, 1.165) is 102 Å². The maximum atomic E-state index is 13.2. The highest BCUT2D eigenvalue weighted by Crippen LogP contribution is 2.54. The number of para-hydroxylation sites is 4. The quantitative estimate of drug-likeness (QED) is 0.0191. The first kappa shape index (κ1) is 92.3. The summed E-state index contributed by atoms with van der Waals surface area (Å²) in [5.74, 6) is 1.27. The molecule has 26 heteroatoms. The third-order valence-corrected chi connectivity index (χ3v) is 28.9. The number of rotatable bonds is 27. The van der Waals surface area contributed by atoms with E-state index >= 15 is 0 Å². The molecule has 0 spiro atoms. The first-order valence-electron chi connectivity index (χ1n) is 40.7. The van der Waals surface area contributed by atoms with E-state index < -0.39 is 12.2 Å². The predicted molar refractivity (Wildman–Crippen MR) is 516 cm³/mol. The third-order valence-electron chi connectivity index (χ3n) is 22.1. The summed E-state index contributed by atoms with van der Waals surface area (Å²) in [6.45, 7) is 0. The maximum absolute atomic E-state index is 13.2. The lowest BCUT2D eigenvalue weighted by molar-refractivity contribution is 0.163. The molecule has 12 aromatic carbocycles. The van der Waals surface area contributed by atoms with Crippen molar-refractivity contribution in [3.63, 3.8) is 0 Å². The SMILES string of the molecule is COc1ccc(C2[C@H](CCCc3ccc(F)cc3)SC(=S)N2c2ccccc2)c(O)c1.COc1ccc([C@@H]2[C@H](CCCc3ccc(F)cc3)SC(=S)N2c2ccccc2)c(O)c1.COc1ccc([C@@H]2[C@H](CC[C@H](O)c3ccc(F)cc3)SC(=S)N2c2ccccc2)c(O)c1.Oc1ccc(C2C(CCC(O)c3ccc(F)cc3)SC(=S)N2c2ccccc2)c(O)c1. The minimum absolute atomic E-state index is 0.000291. The summed E-state index contributed by atoms with van der Waals surface area (Å²) < 4.78 is 71.5. The smallest absolute Gasteiger partial charge is 0.141 e. The number of aryl methyl sites for hydroxylation is 2. The Morgan fingerprint density at radius 1 is 0.312 bits per heavy atom. The Balaban J connectivity index is 0.000000143. The second-order valence-corrected chi connectivity index (χ2v) is 37.6. The molecule has 4 aliphatic heterocycles. The van der Waals surface area contributed by atoms with E-state index in [9.17, 15) is 53.3 Å². The van der Waals surface area contributed by atoms with Crippen molar-refractivity contribution in [3.8, 4) is 46.0 Å². The lowest BCUT2D eigenvalue weighted by Crippen LogP contribution is -2.29. The standard InChI is InChI=1S/C25H24FNO3S2.2C25H24FNO2S2.C24H22FNO3S2/c1-30-19-11-12-20(22(29)15-19)24-23(14-13-21(28)16-7-9-17(26)10-8-16)32-25(31)27(24)18-5-3-2-4-6-18;2*1-29-20-14-15-21(22(28)16-20)24-23(9-5-6-17-10-12-18(26)13-11-17)31-25(30)27(24)19-7-3-2-4-8-19;25-16-8-6-15(7-9-16)20(28)12-13-22-23(19-11-10-18(27)14-21(19)29)26(24(30)31-22)17-4-2-1-3-5-17/h2-12,15,21,23-24,28-29H,13-14H2,1H3;2*2-4,7-8,10-16,23-24,28H,5-6,9H2,1H3;1-11,14,20,22-23,27-29H,12-13H2/t21-,23-,24+;23-,24?;23-,24+;/m000./s1. The number of aliphatic hydroxyl groups is 2. The van der Waals surface area contributed by atoms with Crippen molar-refractivity contribution < 1.29 is 67.5 Å². The Labute approximate surface area is 764 Å². The third kappa shape index (κ3) is 23.5. The van der Waals surface area contributed by atoms with Crippen molar-refractivity contribution in [2.75, 3.05) is 40.9 Å². The van der Waals surface area contributed by atoms with Crippen LogP contribution in [0.4, 0.5) is 40.3 Å². The van der Waals surface area contributed by atoms with Gasteiger partial charge in [-0.05, 0) is 232 Å². The molecular formula is C99H94F4N4O10S8. The number of phenolic OH excluding ortho intramolecular Hbond substituents is 5. The second-order valence-electron chi connectivity index (χ2n) is 30.1. The van der Waals surface area contributed by atoms with Crippen LogP contribution in [0.25, 0.3) is 0 Å². The first-order chi connectivity index (χ1) is 60.5. The monoisotopic (exact) mass is 1830 g/mol. The predicted octanol–water partition coefficient (Wildman–Crippen LogP) is 24.7. The Hall–Kier alpha value is -10.4. The summed E-state index contributed by atoms with van der Waals surface area (Å²) >= 11 is 29.4. The van der Waals surface area contributed by atoms with Crippen LogP contribution >= 0.6 is 95.9 Å². The molecule has 4 heterocycles. The number of thioether (sulfide) groups is 4. The Bertz CT molecular complexity index is 5380. The largest absolute Gasteiger partial charge is 0.508 e. The minimum atomic E-state index is -0.727. The number of methoxy groups -OCH3 is 3. The van der Waals surface area contributed by atoms with Crippen LogP contribution in [0, 0.1) is 23.3 Å². The zero-order valence-corrected chi connectivity index (χ0v) is 75.0. The molecule has 7 N–H and O–H groups in total. The van der Waals surface area contributed by atoms with Gasteiger partial charge in [-0.1, -0.05) is 217 Å². The fraction of sp³-hybridized carbons (Fsp3) is 0.232. The number of thiocarbonyl (C=S) groups is 4. The van der Waals surface area contributed by atoms with Crippen LogP contribution in [0.1, 0.15) is 132 Å². The highest BCUT2D eigenvalue weighted by molar-refractivity contribution is 8.25. The molecule has 4 saturated heterocycles. The highest BCUT2D eigenvalue weighted by atomic mass is 32.2. The van der Waals surface area contributed by atoms with Gasteiger partial charge in [0.05, 0.1) is 57.7 Å². The zero-order chi connectivity index (χ0) is 88.2. The topological polar surface area (TPSA) is 182 Å². The van der Waals surface area contributed by atoms with Gasteiger partial charge in [0.1, 0.15) is 86.5 Å². The van der Waals surface area contributed by atoms with Crippen molar-refractivity contribution in [1.82, 2.24) is 0 Å². The second kappa shape index (κ2) is 44.2. The fourth-order valence-corrected chi connectivity index (χ4v) is 23.3. The van der Waals surface area contributed by atoms with Crippen LogP contribution in [0.2, 0.25) is 0 Å². The summed E-state index contributed by atoms with van der Waals surface area (Å²) in [5.41, 5.74) is 10.6. The number of benzene rings is 12. The van der Waals surface area contributed by atoms with Gasteiger partial charge >= 0.3 is 0 Å². The Morgan fingerprint density at radius 3 is 0.816 bits per heavy atom. The van der Waals surface area contributed by atoms with E-state index in [1.165, 1.54) is 66.4 Å². The van der Waals surface area contributed by atoms with Crippen molar-refractivity contribution in [2.45, 2.75) is 122 Å². The molecule has 4 unspecified atom stereocenters. The lowest BCUT2D eigenvalue weighted by Gasteiger charge is -2.30. The van der Waals surface area contributed by atoms with E-state index in [1.54, 1.807) is 111 Å². The van der Waals surface area contributed by atoms with Crippen LogP contribution in [0.15, 0.2) is 291 Å². The molecule has 0 aromatic heterocycles. The van der Waals surface area contributed by atoms with E-state index in [1.807, 2.05) is 187 Å². The number of ether oxygens (including phenoxy) is 3. The number of anilines is 4. The average molecular weight is 1830 g/mol. The van der Waals surface area contributed by atoms with E-state index in [2.05, 4.69) is 14.7 Å². The van der Waals surface area contributed by atoms with E-state index in [0.29, 0.717) is 63.9 Å². The number of nitrogens with zero attached hydrogens (tertiary/aromatic N) is 4. The van der Waals surface area contributed by atoms with Gasteiger partial charge in [0.25, 0.3) is 0 Å². The number of halogens is 4. The van der Waals surface area contributed by atoms with Gasteiger partial charge in [-0.15, -0.1) is 0 Å². The normalized spacial score (nSPS) is 18.9. The molecule has 10 atom stereocenters. The molecule has 16 rings (SSSR count). The number of phenols is 5. The van der Waals surface area contributed by atoms with Crippen LogP contribution in [0.3, 0.4) is 0 Å². The molecule has 14 nitrogen and oxygen atoms in total. The highest BCUT2D eigenvalue weighted by Gasteiger charge is 2.46. The number of hydrogen-bond donors (Lipinski definition) is 7. The lowest BCUT2D eigenvalue weighted by atomic mass is 9.95. The van der Waals surface area contributed by atoms with Gasteiger partial charge in [-0.2, -0.15) is 0 Å². The van der Waals surface area contributed by atoms with Gasteiger partial charge in [0.15, 0.2) is 0 Å². The fourth-order valence-electron chi connectivity index (χ4n) is 15.9.